The number of halogens is 3. The molecular formula is C19H25F3N2O4. The van der Waals surface area contributed by atoms with E-state index in [0.29, 0.717) is 25.3 Å². The Hall–Kier alpha value is -2.39. The largest absolute Gasteiger partial charge is 0.416 e. The van der Waals surface area contributed by atoms with Crippen molar-refractivity contribution in [1.82, 2.24) is 10.2 Å². The van der Waals surface area contributed by atoms with Crippen molar-refractivity contribution in [3.05, 3.63) is 41.5 Å². The van der Waals surface area contributed by atoms with Gasteiger partial charge in [-0.05, 0) is 30.7 Å². The van der Waals surface area contributed by atoms with Crippen LogP contribution < -0.4 is 5.32 Å². The quantitative estimate of drug-likeness (QED) is 0.610. The maximum absolute atomic E-state index is 12.5. The van der Waals surface area contributed by atoms with Crippen molar-refractivity contribution in [2.75, 3.05) is 40.5 Å². The molecule has 1 atom stereocenters. The number of alkyl halides is 3. The molecule has 0 radical (unpaired) electrons. The first kappa shape index (κ1) is 23.6. The number of carbonyl (C=O) groups excluding carboxylic acids is 2. The number of carbonyl (C=O) groups is 2. The summed E-state index contributed by atoms with van der Waals surface area (Å²) in [4.78, 5) is 25.8. The number of nitrogens with one attached hydrogen (secondary N) is 1. The molecule has 0 saturated carbocycles. The van der Waals surface area contributed by atoms with E-state index in [1.807, 2.05) is 6.92 Å². The van der Waals surface area contributed by atoms with Crippen molar-refractivity contribution in [2.45, 2.75) is 19.1 Å². The fraction of sp³-hybridized carbons (Fsp3) is 0.474. The molecule has 1 unspecified atom stereocenters. The topological polar surface area (TPSA) is 67.9 Å². The lowest BCUT2D eigenvalue weighted by molar-refractivity contribution is -0.137. The standard InChI is InChI=1S/C19H25F3N2O4/c1-14(13-28-3)24(10-11-27-2)18(26)12-23-17(25)9-6-15-4-7-16(8-5-15)19(20,21)22/h4-9,14H,10-13H2,1-3H3,(H,23,25)/b9-6+. The van der Waals surface area contributed by atoms with Gasteiger partial charge >= 0.3 is 6.18 Å². The molecule has 1 aromatic carbocycles. The van der Waals surface area contributed by atoms with Gasteiger partial charge in [0.1, 0.15) is 0 Å². The Morgan fingerprint density at radius 1 is 1.18 bits per heavy atom. The lowest BCUT2D eigenvalue weighted by Gasteiger charge is -2.28. The van der Waals surface area contributed by atoms with Crippen LogP contribution in [0.25, 0.3) is 6.08 Å². The van der Waals surface area contributed by atoms with Crippen LogP contribution in [0.1, 0.15) is 18.1 Å². The van der Waals surface area contributed by atoms with Gasteiger partial charge in [-0.1, -0.05) is 12.1 Å². The average molecular weight is 402 g/mol. The highest BCUT2D eigenvalue weighted by atomic mass is 19.4. The van der Waals surface area contributed by atoms with Crippen molar-refractivity contribution in [3.8, 4) is 0 Å². The lowest BCUT2D eigenvalue weighted by atomic mass is 10.1. The third-order valence-electron chi connectivity index (χ3n) is 3.88. The van der Waals surface area contributed by atoms with E-state index in [1.165, 1.54) is 32.4 Å². The molecule has 0 aliphatic rings. The summed E-state index contributed by atoms with van der Waals surface area (Å²) in [6, 6.07) is 4.21. The molecule has 9 heteroatoms. The summed E-state index contributed by atoms with van der Waals surface area (Å²) in [5.74, 6) is -0.822. The molecule has 0 aliphatic heterocycles. The summed E-state index contributed by atoms with van der Waals surface area (Å²) < 4.78 is 47.6. The van der Waals surface area contributed by atoms with E-state index in [0.717, 1.165) is 18.2 Å². The van der Waals surface area contributed by atoms with Crippen LogP contribution in [0.5, 0.6) is 0 Å². The molecule has 0 heterocycles. The minimum absolute atomic E-state index is 0.188. The van der Waals surface area contributed by atoms with Crippen molar-refractivity contribution >= 4 is 17.9 Å². The third-order valence-corrected chi connectivity index (χ3v) is 3.88. The molecule has 6 nitrogen and oxygen atoms in total. The zero-order chi connectivity index (χ0) is 21.2. The van der Waals surface area contributed by atoms with Gasteiger partial charge in [-0.3, -0.25) is 9.59 Å². The van der Waals surface area contributed by atoms with Gasteiger partial charge in [0.15, 0.2) is 0 Å². The van der Waals surface area contributed by atoms with E-state index in [-0.39, 0.29) is 18.5 Å². The summed E-state index contributed by atoms with van der Waals surface area (Å²) in [5, 5.41) is 2.46. The number of hydrogen-bond donors (Lipinski definition) is 1. The smallest absolute Gasteiger partial charge is 0.383 e. The van der Waals surface area contributed by atoms with Crippen LogP contribution in [0.4, 0.5) is 13.2 Å². The average Bonchev–Trinajstić information content (AvgIpc) is 2.64. The van der Waals surface area contributed by atoms with Crippen LogP contribution in [0.3, 0.4) is 0 Å². The predicted octanol–water partition coefficient (Wildman–Crippen LogP) is 2.34. The molecule has 0 aromatic heterocycles. The Balaban J connectivity index is 2.59. The van der Waals surface area contributed by atoms with Gasteiger partial charge in [0.25, 0.3) is 0 Å². The van der Waals surface area contributed by atoms with E-state index in [4.69, 9.17) is 9.47 Å². The van der Waals surface area contributed by atoms with Crippen LogP contribution in [-0.2, 0) is 25.2 Å². The first-order valence-corrected chi connectivity index (χ1v) is 8.59. The fourth-order valence-electron chi connectivity index (χ4n) is 2.39. The van der Waals surface area contributed by atoms with Gasteiger partial charge in [0.2, 0.25) is 11.8 Å². The van der Waals surface area contributed by atoms with Crippen LogP contribution in [-0.4, -0.2) is 63.3 Å². The molecular weight excluding hydrogens is 377 g/mol. The first-order valence-electron chi connectivity index (χ1n) is 8.59. The second kappa shape index (κ2) is 11.5. The number of ether oxygens (including phenoxy) is 2. The fourth-order valence-corrected chi connectivity index (χ4v) is 2.39. The number of methoxy groups -OCH3 is 2. The highest BCUT2D eigenvalue weighted by molar-refractivity contribution is 5.94. The number of hydrogen-bond acceptors (Lipinski definition) is 4. The number of amides is 2. The zero-order valence-electron chi connectivity index (χ0n) is 16.1. The van der Waals surface area contributed by atoms with E-state index >= 15 is 0 Å². The molecule has 28 heavy (non-hydrogen) atoms. The summed E-state index contributed by atoms with van der Waals surface area (Å²) in [6.07, 6.45) is -1.88. The van der Waals surface area contributed by atoms with Gasteiger partial charge in [0, 0.05) is 26.8 Å². The Morgan fingerprint density at radius 3 is 2.36 bits per heavy atom. The SMILES string of the molecule is COCCN(C(=O)CNC(=O)/C=C/c1ccc(C(F)(F)F)cc1)C(C)COC. The molecule has 1 rings (SSSR count). The molecule has 156 valence electrons. The van der Waals surface area contributed by atoms with Gasteiger partial charge in [-0.2, -0.15) is 13.2 Å². The minimum Gasteiger partial charge on any atom is -0.383 e. The second-order valence-electron chi connectivity index (χ2n) is 6.06. The molecule has 2 amide bonds. The molecule has 0 spiro atoms. The number of nitrogens with zero attached hydrogens (tertiary/aromatic N) is 1. The summed E-state index contributed by atoms with van der Waals surface area (Å²) in [5.41, 5.74) is -0.328. The van der Waals surface area contributed by atoms with Crippen LogP contribution in [0, 0.1) is 0 Å². The van der Waals surface area contributed by atoms with E-state index in [9.17, 15) is 22.8 Å². The van der Waals surface area contributed by atoms with Gasteiger partial charge in [-0.25, -0.2) is 0 Å². The van der Waals surface area contributed by atoms with Gasteiger partial charge < -0.3 is 19.7 Å². The monoisotopic (exact) mass is 402 g/mol. The highest BCUT2D eigenvalue weighted by Gasteiger charge is 2.29. The Bertz CT molecular complexity index is 660. The van der Waals surface area contributed by atoms with Gasteiger partial charge in [0.05, 0.1) is 31.4 Å². The Labute approximate surface area is 162 Å². The maximum atomic E-state index is 12.5. The van der Waals surface area contributed by atoms with Crippen molar-refractivity contribution < 1.29 is 32.2 Å². The number of rotatable bonds is 10. The molecule has 0 saturated heterocycles. The zero-order valence-corrected chi connectivity index (χ0v) is 16.1. The van der Waals surface area contributed by atoms with E-state index in [1.54, 1.807) is 4.90 Å². The van der Waals surface area contributed by atoms with Crippen molar-refractivity contribution in [3.63, 3.8) is 0 Å². The maximum Gasteiger partial charge on any atom is 0.416 e. The van der Waals surface area contributed by atoms with Crippen LogP contribution in [0.15, 0.2) is 30.3 Å². The molecule has 0 aliphatic carbocycles. The summed E-state index contributed by atoms with van der Waals surface area (Å²) >= 11 is 0. The first-order chi connectivity index (χ1) is 13.2. The molecule has 0 bridgehead atoms. The molecule has 1 N–H and O–H groups in total. The highest BCUT2D eigenvalue weighted by Crippen LogP contribution is 2.29. The molecule has 1 aromatic rings. The van der Waals surface area contributed by atoms with Crippen molar-refractivity contribution in [1.29, 1.82) is 0 Å². The second-order valence-corrected chi connectivity index (χ2v) is 6.06. The molecule has 0 fully saturated rings. The third kappa shape index (κ3) is 8.10. The number of benzene rings is 1. The summed E-state index contributed by atoms with van der Waals surface area (Å²) in [7, 11) is 3.06. The normalized spacial score (nSPS) is 12.8. The van der Waals surface area contributed by atoms with Crippen molar-refractivity contribution in [2.24, 2.45) is 0 Å². The van der Waals surface area contributed by atoms with Crippen LogP contribution in [0.2, 0.25) is 0 Å². The Morgan fingerprint density at radius 2 is 1.82 bits per heavy atom. The lowest BCUT2D eigenvalue weighted by Crippen LogP contribution is -2.47. The van der Waals surface area contributed by atoms with Crippen LogP contribution >= 0.6 is 0 Å². The van der Waals surface area contributed by atoms with E-state index in [2.05, 4.69) is 5.32 Å². The van der Waals surface area contributed by atoms with Gasteiger partial charge in [-0.15, -0.1) is 0 Å². The Kier molecular flexibility index (Phi) is 9.67. The summed E-state index contributed by atoms with van der Waals surface area (Å²) in [6.45, 7) is 2.66. The minimum atomic E-state index is -4.41. The van der Waals surface area contributed by atoms with E-state index < -0.39 is 17.6 Å². The predicted molar refractivity (Wildman–Crippen MR) is 98.4 cm³/mol.